The van der Waals surface area contributed by atoms with Crippen LogP contribution >= 0.6 is 0 Å². The number of allylic oxidation sites excluding steroid dienone is 10. The summed E-state index contributed by atoms with van der Waals surface area (Å²) < 4.78 is 0. The molecule has 0 saturated carbocycles. The molecule has 0 radical (unpaired) electrons. The Hall–Kier alpha value is -1.96. The van der Waals surface area contributed by atoms with Crippen molar-refractivity contribution in [1.29, 1.82) is 0 Å². The molecule has 2 heteroatoms. The Balaban J connectivity index is 2.88. The van der Waals surface area contributed by atoms with Crippen LogP contribution in [0.1, 0.15) is 76.2 Å². The molecule has 0 saturated heterocycles. The lowest BCUT2D eigenvalue weighted by atomic mass is 9.70. The summed E-state index contributed by atoms with van der Waals surface area (Å²) in [5, 5.41) is 0. The van der Waals surface area contributed by atoms with E-state index in [1.54, 1.807) is 0 Å². The molecule has 2 aliphatic rings. The van der Waals surface area contributed by atoms with Crippen molar-refractivity contribution in [3.8, 4) is 0 Å². The van der Waals surface area contributed by atoms with Crippen LogP contribution in [-0.4, -0.2) is 11.6 Å². The van der Waals surface area contributed by atoms with Gasteiger partial charge in [0.1, 0.15) is 0 Å². The zero-order chi connectivity index (χ0) is 22.5. The highest BCUT2D eigenvalue weighted by molar-refractivity contribution is 6.13. The molecule has 0 amide bonds. The van der Waals surface area contributed by atoms with E-state index in [1.807, 2.05) is 24.3 Å². The largest absolute Gasteiger partial charge is 0.289 e. The Morgan fingerprint density at radius 1 is 0.552 bits per heavy atom. The molecule has 2 aliphatic carbocycles. The van der Waals surface area contributed by atoms with Gasteiger partial charge in [0, 0.05) is 22.3 Å². The topological polar surface area (TPSA) is 34.1 Å². The van der Waals surface area contributed by atoms with Gasteiger partial charge in [-0.05, 0) is 57.6 Å². The molecule has 0 N–H and O–H groups in total. The van der Waals surface area contributed by atoms with Gasteiger partial charge < -0.3 is 0 Å². The van der Waals surface area contributed by atoms with Gasteiger partial charge in [-0.1, -0.05) is 76.2 Å². The van der Waals surface area contributed by atoms with Gasteiger partial charge in [0.25, 0.3) is 0 Å². The predicted molar refractivity (Wildman–Crippen MR) is 123 cm³/mol. The number of carbonyl (C=O) groups excluding carboxylic acids is 2. The van der Waals surface area contributed by atoms with Crippen LogP contribution in [0.2, 0.25) is 0 Å². The van der Waals surface area contributed by atoms with E-state index in [0.717, 1.165) is 33.4 Å². The van der Waals surface area contributed by atoms with Gasteiger partial charge in [0.2, 0.25) is 0 Å². The van der Waals surface area contributed by atoms with Gasteiger partial charge in [-0.3, -0.25) is 9.59 Å². The van der Waals surface area contributed by atoms with Gasteiger partial charge >= 0.3 is 0 Å². The maximum Gasteiger partial charge on any atom is 0.186 e. The number of hydrogen-bond donors (Lipinski definition) is 0. The maximum absolute atomic E-state index is 13.3. The smallest absolute Gasteiger partial charge is 0.186 e. The van der Waals surface area contributed by atoms with Crippen molar-refractivity contribution in [3.05, 3.63) is 57.7 Å². The molecule has 0 aromatic heterocycles. The quantitative estimate of drug-likeness (QED) is 0.482. The summed E-state index contributed by atoms with van der Waals surface area (Å²) in [5.74, 6) is 0.421. The van der Waals surface area contributed by atoms with E-state index in [4.69, 9.17) is 0 Å². The van der Waals surface area contributed by atoms with Crippen LogP contribution in [0.25, 0.3) is 0 Å². The van der Waals surface area contributed by atoms with E-state index in [1.165, 1.54) is 0 Å². The zero-order valence-corrected chi connectivity index (χ0v) is 20.2. The van der Waals surface area contributed by atoms with Crippen molar-refractivity contribution in [2.45, 2.75) is 76.2 Å². The van der Waals surface area contributed by atoms with E-state index in [-0.39, 0.29) is 33.7 Å². The highest BCUT2D eigenvalue weighted by Gasteiger charge is 2.35. The van der Waals surface area contributed by atoms with Crippen LogP contribution in [0, 0.1) is 22.2 Å². The fourth-order valence-electron chi connectivity index (χ4n) is 3.71. The normalized spacial score (nSPS) is 19.3. The monoisotopic (exact) mass is 394 g/mol. The summed E-state index contributed by atoms with van der Waals surface area (Å²) in [4.78, 5) is 26.3. The van der Waals surface area contributed by atoms with Crippen LogP contribution in [0.4, 0.5) is 0 Å². The maximum atomic E-state index is 13.3. The Kier molecular flexibility index (Phi) is 5.93. The van der Waals surface area contributed by atoms with Crippen molar-refractivity contribution in [3.63, 3.8) is 0 Å². The summed E-state index contributed by atoms with van der Waals surface area (Å²) in [6, 6.07) is 0. The lowest BCUT2D eigenvalue weighted by molar-refractivity contribution is -0.114. The lowest BCUT2D eigenvalue weighted by Gasteiger charge is -2.32. The Morgan fingerprint density at radius 3 is 1.17 bits per heavy atom. The van der Waals surface area contributed by atoms with E-state index in [9.17, 15) is 9.59 Å². The molecule has 0 bridgehead atoms. The molecule has 0 aliphatic heterocycles. The summed E-state index contributed by atoms with van der Waals surface area (Å²) >= 11 is 0. The molecular weight excluding hydrogens is 356 g/mol. The molecule has 158 valence electrons. The molecule has 0 spiro atoms. The lowest BCUT2D eigenvalue weighted by Crippen LogP contribution is -2.28. The van der Waals surface area contributed by atoms with Crippen LogP contribution in [0.5, 0.6) is 0 Å². The van der Waals surface area contributed by atoms with Crippen molar-refractivity contribution in [1.82, 2.24) is 0 Å². The van der Waals surface area contributed by atoms with Crippen LogP contribution in [0.3, 0.4) is 0 Å². The summed E-state index contributed by atoms with van der Waals surface area (Å²) in [6.07, 6.45) is 8.13. The van der Waals surface area contributed by atoms with Gasteiger partial charge in [0.15, 0.2) is 11.6 Å². The van der Waals surface area contributed by atoms with Gasteiger partial charge in [-0.2, -0.15) is 0 Å². The Labute approximate surface area is 177 Å². The van der Waals surface area contributed by atoms with E-state index in [2.05, 4.69) is 76.2 Å². The third-order valence-electron chi connectivity index (χ3n) is 5.59. The fraction of sp³-hybridized carbons (Fsp3) is 0.556. The highest BCUT2D eigenvalue weighted by Crippen LogP contribution is 2.41. The first-order valence-electron chi connectivity index (χ1n) is 10.7. The number of ketones is 2. The fourth-order valence-corrected chi connectivity index (χ4v) is 3.71. The second kappa shape index (κ2) is 7.38. The molecule has 2 rings (SSSR count). The molecule has 2 nitrogen and oxygen atoms in total. The molecule has 0 aromatic rings. The first-order valence-corrected chi connectivity index (χ1v) is 10.7. The summed E-state index contributed by atoms with van der Waals surface area (Å²) in [7, 11) is 0. The molecule has 0 unspecified atom stereocenters. The van der Waals surface area contributed by atoms with Gasteiger partial charge in [0.05, 0.1) is 0 Å². The van der Waals surface area contributed by atoms with Gasteiger partial charge in [-0.25, -0.2) is 0 Å². The van der Waals surface area contributed by atoms with Crippen LogP contribution in [0.15, 0.2) is 57.7 Å². The Bertz CT molecular complexity index is 854. The SMILES string of the molecule is CC(C)C1=CC(=C2C=C(C(C)(C)C)C(=O)C(C(C)(C)C)=C2)C=C(C(C)(C)C)C1=O. The number of Topliss-reactive ketones (excluding diaryl/α,β-unsaturated/α-hetero) is 2. The minimum Gasteiger partial charge on any atom is -0.289 e. The predicted octanol–water partition coefficient (Wildman–Crippen LogP) is 6.95. The molecule has 0 aromatic carbocycles. The second-order valence-electron chi connectivity index (χ2n) is 11.7. The minimum absolute atomic E-state index is 0.134. The average Bonchev–Trinajstić information content (AvgIpc) is 2.51. The average molecular weight is 395 g/mol. The van der Waals surface area contributed by atoms with Crippen molar-refractivity contribution in [2.75, 3.05) is 0 Å². The number of hydrogen-bond acceptors (Lipinski definition) is 2. The van der Waals surface area contributed by atoms with E-state index in [0.29, 0.717) is 0 Å². The summed E-state index contributed by atoms with van der Waals surface area (Å²) in [6.45, 7) is 22.9. The second-order valence-corrected chi connectivity index (χ2v) is 11.7. The molecular formula is C27H38O2. The highest BCUT2D eigenvalue weighted by atomic mass is 16.1. The van der Waals surface area contributed by atoms with E-state index >= 15 is 0 Å². The van der Waals surface area contributed by atoms with Crippen molar-refractivity contribution < 1.29 is 9.59 Å². The third kappa shape index (κ3) is 4.79. The van der Waals surface area contributed by atoms with Crippen molar-refractivity contribution in [2.24, 2.45) is 22.2 Å². The first-order chi connectivity index (χ1) is 12.9. The number of rotatable bonds is 1. The van der Waals surface area contributed by atoms with E-state index < -0.39 is 0 Å². The van der Waals surface area contributed by atoms with Crippen LogP contribution in [-0.2, 0) is 9.59 Å². The van der Waals surface area contributed by atoms with Crippen molar-refractivity contribution >= 4 is 11.6 Å². The minimum atomic E-state index is -0.251. The molecule has 0 heterocycles. The van der Waals surface area contributed by atoms with Gasteiger partial charge in [-0.15, -0.1) is 0 Å². The number of carbonyl (C=O) groups is 2. The zero-order valence-electron chi connectivity index (χ0n) is 20.2. The standard InChI is InChI=1S/C27H38O2/c1-16(2)19-12-17(13-20(23(19)28)25(3,4)5)18-14-21(26(6,7)8)24(29)22(15-18)27(9,10)11/h12-16H,1-11H3. The van der Waals surface area contributed by atoms with Crippen LogP contribution < -0.4 is 0 Å². The Morgan fingerprint density at radius 2 is 0.862 bits per heavy atom. The molecule has 0 atom stereocenters. The first kappa shape index (κ1) is 23.3. The third-order valence-corrected chi connectivity index (χ3v) is 5.59. The summed E-state index contributed by atoms with van der Waals surface area (Å²) in [5.41, 5.74) is 4.63. The molecule has 29 heavy (non-hydrogen) atoms. The molecule has 0 fully saturated rings.